The predicted octanol–water partition coefficient (Wildman–Crippen LogP) is 2.02. The maximum Gasteiger partial charge on any atom is 0.0641 e. The molecule has 0 radical (unpaired) electrons. The van der Waals surface area contributed by atoms with Crippen molar-refractivity contribution in [1.29, 1.82) is 0 Å². The molecule has 0 aromatic carbocycles. The molecule has 1 aliphatic carbocycles. The first-order valence-electron chi connectivity index (χ1n) is 5.96. The van der Waals surface area contributed by atoms with Crippen LogP contribution in [0.1, 0.15) is 36.7 Å². The zero-order valence-electron chi connectivity index (χ0n) is 10.0. The number of nitrogens with one attached hydrogen (secondary N) is 1. The molecule has 1 heterocycles. The van der Waals surface area contributed by atoms with E-state index in [1.54, 1.807) is 0 Å². The van der Waals surface area contributed by atoms with E-state index in [-0.39, 0.29) is 0 Å². The van der Waals surface area contributed by atoms with E-state index >= 15 is 0 Å². The lowest BCUT2D eigenvalue weighted by Crippen LogP contribution is -2.13. The molecular weight excluding hydrogens is 186 g/mol. The van der Waals surface area contributed by atoms with Gasteiger partial charge in [-0.05, 0) is 39.2 Å². The zero-order chi connectivity index (χ0) is 10.8. The second-order valence-corrected chi connectivity index (χ2v) is 4.56. The summed E-state index contributed by atoms with van der Waals surface area (Å²) < 4.78 is 2.19. The molecule has 0 unspecified atom stereocenters. The molecule has 1 saturated carbocycles. The van der Waals surface area contributed by atoms with Crippen molar-refractivity contribution in [1.82, 2.24) is 15.1 Å². The fourth-order valence-electron chi connectivity index (χ4n) is 1.96. The molecule has 1 N–H and O–H groups in total. The normalized spacial score (nSPS) is 15.9. The van der Waals surface area contributed by atoms with E-state index in [0.717, 1.165) is 25.6 Å². The fourth-order valence-corrected chi connectivity index (χ4v) is 1.96. The minimum absolute atomic E-state index is 0.898. The van der Waals surface area contributed by atoms with Crippen LogP contribution in [0.2, 0.25) is 0 Å². The predicted molar refractivity (Wildman–Crippen MR) is 61.8 cm³/mol. The van der Waals surface area contributed by atoms with Gasteiger partial charge >= 0.3 is 0 Å². The lowest BCUT2D eigenvalue weighted by molar-refractivity contribution is 0.546. The molecule has 84 valence electrons. The molecule has 1 fully saturated rings. The van der Waals surface area contributed by atoms with E-state index in [1.807, 2.05) is 0 Å². The molecular formula is C12H21N3. The number of hydrogen-bond donors (Lipinski definition) is 1. The average molecular weight is 207 g/mol. The number of hydrogen-bond acceptors (Lipinski definition) is 2. The SMILES string of the molecule is CCNCc1c(C)nn(CC2CC2)c1C. The largest absolute Gasteiger partial charge is 0.313 e. The maximum absolute atomic E-state index is 4.62. The highest BCUT2D eigenvalue weighted by molar-refractivity contribution is 5.24. The van der Waals surface area contributed by atoms with Crippen LogP contribution in [0.3, 0.4) is 0 Å². The van der Waals surface area contributed by atoms with Gasteiger partial charge in [0.1, 0.15) is 0 Å². The molecule has 3 nitrogen and oxygen atoms in total. The van der Waals surface area contributed by atoms with Crippen molar-refractivity contribution >= 4 is 0 Å². The molecule has 1 aliphatic rings. The van der Waals surface area contributed by atoms with Gasteiger partial charge in [0.25, 0.3) is 0 Å². The van der Waals surface area contributed by atoms with Crippen LogP contribution in [0.5, 0.6) is 0 Å². The number of aromatic nitrogens is 2. The Labute approximate surface area is 91.9 Å². The summed E-state index contributed by atoms with van der Waals surface area (Å²) in [6.45, 7) is 9.54. The van der Waals surface area contributed by atoms with Crippen LogP contribution in [0.25, 0.3) is 0 Å². The summed E-state index contributed by atoms with van der Waals surface area (Å²) in [5, 5.41) is 8.00. The van der Waals surface area contributed by atoms with Crippen molar-refractivity contribution in [2.24, 2.45) is 5.92 Å². The van der Waals surface area contributed by atoms with E-state index in [4.69, 9.17) is 0 Å². The molecule has 0 amide bonds. The molecule has 0 bridgehead atoms. The molecule has 1 aromatic heterocycles. The lowest BCUT2D eigenvalue weighted by atomic mass is 10.2. The summed E-state index contributed by atoms with van der Waals surface area (Å²) >= 11 is 0. The van der Waals surface area contributed by atoms with Crippen LogP contribution in [0, 0.1) is 19.8 Å². The maximum atomic E-state index is 4.62. The minimum atomic E-state index is 0.898. The fraction of sp³-hybridized carbons (Fsp3) is 0.750. The Bertz CT molecular complexity index is 337. The van der Waals surface area contributed by atoms with Gasteiger partial charge in [0.05, 0.1) is 5.69 Å². The number of rotatable bonds is 5. The molecule has 0 atom stereocenters. The lowest BCUT2D eigenvalue weighted by Gasteiger charge is -2.04. The quantitative estimate of drug-likeness (QED) is 0.800. The zero-order valence-corrected chi connectivity index (χ0v) is 10.0. The molecule has 0 spiro atoms. The van der Waals surface area contributed by atoms with Crippen molar-refractivity contribution < 1.29 is 0 Å². The van der Waals surface area contributed by atoms with Crippen LogP contribution >= 0.6 is 0 Å². The summed E-state index contributed by atoms with van der Waals surface area (Å²) in [4.78, 5) is 0. The molecule has 15 heavy (non-hydrogen) atoms. The van der Waals surface area contributed by atoms with Crippen molar-refractivity contribution in [3.63, 3.8) is 0 Å². The van der Waals surface area contributed by atoms with Gasteiger partial charge in [0, 0.05) is 24.3 Å². The van der Waals surface area contributed by atoms with Crippen molar-refractivity contribution in [2.75, 3.05) is 6.54 Å². The summed E-state index contributed by atoms with van der Waals surface area (Å²) in [5.41, 5.74) is 3.92. The highest BCUT2D eigenvalue weighted by Crippen LogP contribution is 2.31. The van der Waals surface area contributed by atoms with E-state index in [0.29, 0.717) is 0 Å². The van der Waals surface area contributed by atoms with Crippen LogP contribution in [0.4, 0.5) is 0 Å². The Morgan fingerprint density at radius 1 is 1.40 bits per heavy atom. The molecule has 0 aliphatic heterocycles. The second-order valence-electron chi connectivity index (χ2n) is 4.56. The highest BCUT2D eigenvalue weighted by Gasteiger charge is 2.23. The third kappa shape index (κ3) is 2.40. The number of aryl methyl sites for hydroxylation is 1. The van der Waals surface area contributed by atoms with Crippen LogP contribution < -0.4 is 5.32 Å². The van der Waals surface area contributed by atoms with Gasteiger partial charge in [-0.15, -0.1) is 0 Å². The van der Waals surface area contributed by atoms with Crippen molar-refractivity contribution in [2.45, 2.75) is 46.7 Å². The monoisotopic (exact) mass is 207 g/mol. The van der Waals surface area contributed by atoms with Crippen LogP contribution in [0.15, 0.2) is 0 Å². The van der Waals surface area contributed by atoms with Gasteiger partial charge in [-0.1, -0.05) is 6.92 Å². The molecule has 3 heteroatoms. The Morgan fingerprint density at radius 3 is 2.73 bits per heavy atom. The van der Waals surface area contributed by atoms with E-state index in [2.05, 4.69) is 35.9 Å². The van der Waals surface area contributed by atoms with Crippen LogP contribution in [-0.2, 0) is 13.1 Å². The summed E-state index contributed by atoms with van der Waals surface area (Å²) in [6, 6.07) is 0. The van der Waals surface area contributed by atoms with Gasteiger partial charge in [-0.25, -0.2) is 0 Å². The third-order valence-corrected chi connectivity index (χ3v) is 3.21. The Hall–Kier alpha value is -0.830. The third-order valence-electron chi connectivity index (χ3n) is 3.21. The van der Waals surface area contributed by atoms with Gasteiger partial charge in [-0.3, -0.25) is 4.68 Å². The van der Waals surface area contributed by atoms with Crippen molar-refractivity contribution in [3.05, 3.63) is 17.0 Å². The summed E-state index contributed by atoms with van der Waals surface area (Å²) in [7, 11) is 0. The second kappa shape index (κ2) is 4.35. The van der Waals surface area contributed by atoms with E-state index in [1.165, 1.54) is 29.8 Å². The van der Waals surface area contributed by atoms with Gasteiger partial charge < -0.3 is 5.32 Å². The molecule has 0 saturated heterocycles. The smallest absolute Gasteiger partial charge is 0.0641 e. The van der Waals surface area contributed by atoms with Gasteiger partial charge in [0.15, 0.2) is 0 Å². The van der Waals surface area contributed by atoms with Crippen LogP contribution in [-0.4, -0.2) is 16.3 Å². The molecule has 2 rings (SSSR count). The molecule has 1 aromatic rings. The van der Waals surface area contributed by atoms with Gasteiger partial charge in [0.2, 0.25) is 0 Å². The summed E-state index contributed by atoms with van der Waals surface area (Å²) in [6.07, 6.45) is 2.78. The Balaban J connectivity index is 2.10. The first-order chi connectivity index (χ1) is 7.22. The highest BCUT2D eigenvalue weighted by atomic mass is 15.3. The van der Waals surface area contributed by atoms with Gasteiger partial charge in [-0.2, -0.15) is 5.10 Å². The van der Waals surface area contributed by atoms with E-state index in [9.17, 15) is 0 Å². The topological polar surface area (TPSA) is 29.9 Å². The van der Waals surface area contributed by atoms with E-state index < -0.39 is 0 Å². The Morgan fingerprint density at radius 2 is 2.13 bits per heavy atom. The standard InChI is InChI=1S/C12H21N3/c1-4-13-7-12-9(2)14-15(10(12)3)8-11-5-6-11/h11,13H,4-8H2,1-3H3. The average Bonchev–Trinajstić information content (AvgIpc) is 2.96. The summed E-state index contributed by atoms with van der Waals surface area (Å²) in [5.74, 6) is 0.898. The number of nitrogens with zero attached hydrogens (tertiary/aromatic N) is 2. The Kier molecular flexibility index (Phi) is 3.10. The van der Waals surface area contributed by atoms with Crippen molar-refractivity contribution in [3.8, 4) is 0 Å². The first kappa shape index (κ1) is 10.7. The first-order valence-corrected chi connectivity index (χ1v) is 5.96. The minimum Gasteiger partial charge on any atom is -0.313 e.